The van der Waals surface area contributed by atoms with Crippen LogP contribution in [0.25, 0.3) is 142 Å². The molecule has 6 nitrogen and oxygen atoms in total. The van der Waals surface area contributed by atoms with Crippen molar-refractivity contribution in [3.8, 4) is 22.3 Å². The second-order valence-electron chi connectivity index (χ2n) is 22.7. The Bertz CT molecular complexity index is 5610. The van der Waals surface area contributed by atoms with Crippen molar-refractivity contribution in [1.82, 2.24) is 0 Å². The number of hydrogen-bond acceptors (Lipinski definition) is 6. The number of benzene rings is 14. The molecule has 0 spiro atoms. The summed E-state index contributed by atoms with van der Waals surface area (Å²) < 4.78 is 117. The van der Waals surface area contributed by atoms with Crippen molar-refractivity contribution in [2.45, 2.75) is 12.4 Å². The zero-order valence-electron chi connectivity index (χ0n) is 47.0. The predicted molar refractivity (Wildman–Crippen MR) is 350 cm³/mol. The smallest absolute Gasteiger partial charge is 0.420 e. The minimum absolute atomic E-state index is 0.232. The molecule has 18 rings (SSSR count). The van der Waals surface area contributed by atoms with Crippen LogP contribution >= 0.6 is 0 Å². The standard InChI is InChI=1S/C78H42F6N2O4/c79-77(80,81)59-29-11-23-51-53-27-15-33-63(75(53)89-71(51)59)85(61-31-13-25-49-45-21-7-9-35-67(45)87-73(49)61)65-41-57(43-17-3-1-4-18-43)47-37-39-56-66(42-58(44-19-5-2-6-20-44)48-38-40-55(65)69(47)70(48)56)86(62-32-14-26-50-46-22-8-10-36-68(46)88-74(50)62)64-34-16-28-54-52-24-12-30-60(78(82,83)84)72(52)90-76(54)64/h1-42H. The number of hydrogen-bond donors (Lipinski definition) is 0. The number of alkyl halides is 6. The van der Waals surface area contributed by atoms with Gasteiger partial charge in [0, 0.05) is 64.6 Å². The molecule has 0 aliphatic carbocycles. The average Bonchev–Trinajstić information content (AvgIpc) is 0.967. The molecule has 0 aliphatic heterocycles. The third-order valence-corrected chi connectivity index (χ3v) is 17.9. The minimum atomic E-state index is -4.72. The third kappa shape index (κ3) is 7.54. The van der Waals surface area contributed by atoms with Gasteiger partial charge in [0.05, 0.1) is 45.3 Å². The van der Waals surface area contributed by atoms with E-state index in [2.05, 4.69) is 70.5 Å². The van der Waals surface area contributed by atoms with Gasteiger partial charge in [0.25, 0.3) is 0 Å². The van der Waals surface area contributed by atoms with Crippen molar-refractivity contribution in [2.24, 2.45) is 0 Å². The van der Waals surface area contributed by atoms with Crippen LogP contribution in [0.5, 0.6) is 0 Å². The van der Waals surface area contributed by atoms with E-state index in [0.717, 1.165) is 88.2 Å². The molecule has 430 valence electrons. The first-order chi connectivity index (χ1) is 43.9. The molecule has 0 aliphatic rings. The Kier molecular flexibility index (Phi) is 10.9. The van der Waals surface area contributed by atoms with Gasteiger partial charge in [0.15, 0.2) is 22.3 Å². The summed E-state index contributed by atoms with van der Waals surface area (Å²) in [5.74, 6) is 0. The summed E-state index contributed by atoms with van der Waals surface area (Å²) in [4.78, 5) is 4.12. The van der Waals surface area contributed by atoms with Crippen molar-refractivity contribution in [3.05, 3.63) is 266 Å². The van der Waals surface area contributed by atoms with Crippen LogP contribution in [-0.4, -0.2) is 0 Å². The zero-order valence-corrected chi connectivity index (χ0v) is 47.0. The third-order valence-electron chi connectivity index (χ3n) is 17.9. The van der Waals surface area contributed by atoms with Crippen LogP contribution in [0.2, 0.25) is 0 Å². The van der Waals surface area contributed by atoms with Crippen LogP contribution in [0, 0.1) is 0 Å². The molecule has 12 heteroatoms. The van der Waals surface area contributed by atoms with E-state index < -0.39 is 23.5 Å². The summed E-state index contributed by atoms with van der Waals surface area (Å²) in [6.45, 7) is 0. The van der Waals surface area contributed by atoms with Gasteiger partial charge in [-0.15, -0.1) is 0 Å². The second kappa shape index (κ2) is 19.0. The van der Waals surface area contributed by atoms with Gasteiger partial charge in [-0.2, -0.15) is 26.3 Å². The summed E-state index contributed by atoms with van der Waals surface area (Å²) in [6.07, 6.45) is -9.44. The van der Waals surface area contributed by atoms with Gasteiger partial charge in [-0.25, -0.2) is 0 Å². The number of furan rings is 4. The fraction of sp³-hybridized carbons (Fsp3) is 0.0256. The van der Waals surface area contributed by atoms with Crippen LogP contribution in [0.1, 0.15) is 11.1 Å². The summed E-state index contributed by atoms with van der Waals surface area (Å²) in [5, 5.41) is 10.1. The Morgan fingerprint density at radius 3 is 0.911 bits per heavy atom. The van der Waals surface area contributed by atoms with Crippen LogP contribution in [0.3, 0.4) is 0 Å². The van der Waals surface area contributed by atoms with Crippen LogP contribution < -0.4 is 9.80 Å². The fourth-order valence-corrected chi connectivity index (χ4v) is 14.0. The summed E-state index contributed by atoms with van der Waals surface area (Å²) in [7, 11) is 0. The van der Waals surface area contributed by atoms with Gasteiger partial charge in [-0.05, 0) is 93.7 Å². The van der Waals surface area contributed by atoms with Gasteiger partial charge < -0.3 is 27.5 Å². The largest absolute Gasteiger partial charge is 0.454 e. The van der Waals surface area contributed by atoms with Crippen molar-refractivity contribution in [3.63, 3.8) is 0 Å². The van der Waals surface area contributed by atoms with E-state index in [1.807, 2.05) is 146 Å². The zero-order chi connectivity index (χ0) is 60.3. The van der Waals surface area contributed by atoms with Gasteiger partial charge in [-0.1, -0.05) is 194 Å². The van der Waals surface area contributed by atoms with Crippen molar-refractivity contribution in [1.29, 1.82) is 0 Å². The van der Waals surface area contributed by atoms with Gasteiger partial charge >= 0.3 is 12.4 Å². The van der Waals surface area contributed by atoms with E-state index in [9.17, 15) is 0 Å². The lowest BCUT2D eigenvalue weighted by molar-refractivity contribution is -0.137. The first-order valence-electron chi connectivity index (χ1n) is 29.3. The Labute approximate surface area is 506 Å². The molecular weight excluding hydrogens is 1140 g/mol. The molecule has 0 atom stereocenters. The van der Waals surface area contributed by atoms with E-state index in [4.69, 9.17) is 17.7 Å². The number of rotatable bonds is 8. The molecule has 0 radical (unpaired) electrons. The van der Waals surface area contributed by atoms with Gasteiger partial charge in [-0.3, -0.25) is 0 Å². The van der Waals surface area contributed by atoms with E-state index in [1.165, 1.54) is 12.1 Å². The SMILES string of the molecule is FC(F)(F)c1cccc2c1oc1c(N(c3cc(-c4ccccc4)c4ccc5c(N(c6cccc7c6oc6ccccc67)c6cccc7c6oc6c(C(F)(F)F)cccc67)cc(-c6ccccc6)c6ccc3c4c65)c3cccc4c3oc3ccccc34)cccc12. The first-order valence-corrected chi connectivity index (χ1v) is 29.3. The molecule has 0 saturated carbocycles. The molecule has 4 aromatic heterocycles. The minimum Gasteiger partial charge on any atom is -0.454 e. The molecule has 14 aromatic carbocycles. The monoisotopic (exact) mass is 1180 g/mol. The molecule has 18 aromatic rings. The Morgan fingerprint density at radius 2 is 0.533 bits per heavy atom. The molecule has 0 amide bonds. The maximum atomic E-state index is 15.0. The quantitative estimate of drug-likeness (QED) is 0.112. The van der Waals surface area contributed by atoms with Crippen molar-refractivity contribution in [2.75, 3.05) is 9.80 Å². The Balaban J connectivity index is 1.01. The number of para-hydroxylation sites is 8. The summed E-state index contributed by atoms with van der Waals surface area (Å²) >= 11 is 0. The highest BCUT2D eigenvalue weighted by atomic mass is 19.4. The van der Waals surface area contributed by atoms with Crippen LogP contribution in [0.4, 0.5) is 60.5 Å². The lowest BCUT2D eigenvalue weighted by atomic mass is 9.85. The lowest BCUT2D eigenvalue weighted by Crippen LogP contribution is -2.13. The topological polar surface area (TPSA) is 59.0 Å². The highest BCUT2D eigenvalue weighted by molar-refractivity contribution is 6.33. The average molecular weight is 1190 g/mol. The summed E-state index contributed by atoms with van der Waals surface area (Å²) in [6, 6.07) is 79.6. The molecular formula is C78H42F6N2O4. The predicted octanol–water partition coefficient (Wildman–Crippen LogP) is 24.5. The fourth-order valence-electron chi connectivity index (χ4n) is 14.0. The highest BCUT2D eigenvalue weighted by Crippen LogP contribution is 2.56. The van der Waals surface area contributed by atoms with E-state index in [1.54, 1.807) is 24.3 Å². The number of halogens is 6. The molecule has 0 fully saturated rings. The Morgan fingerprint density at radius 1 is 0.233 bits per heavy atom. The molecule has 0 N–H and O–H groups in total. The molecule has 0 bridgehead atoms. The molecule has 4 heterocycles. The van der Waals surface area contributed by atoms with E-state index in [-0.39, 0.29) is 22.3 Å². The lowest BCUT2D eigenvalue weighted by Gasteiger charge is -2.31. The first kappa shape index (κ1) is 51.7. The van der Waals surface area contributed by atoms with Crippen molar-refractivity contribution < 1.29 is 44.0 Å². The number of anilines is 6. The van der Waals surface area contributed by atoms with Gasteiger partial charge in [0.1, 0.15) is 22.3 Å². The molecule has 90 heavy (non-hydrogen) atoms. The maximum Gasteiger partial charge on any atom is 0.420 e. The molecule has 0 unspecified atom stereocenters. The Hall–Kier alpha value is -11.5. The highest BCUT2D eigenvalue weighted by Gasteiger charge is 2.38. The second-order valence-corrected chi connectivity index (χ2v) is 22.7. The number of fused-ring (bicyclic) bond motifs is 12. The van der Waals surface area contributed by atoms with E-state index >= 15 is 26.3 Å². The van der Waals surface area contributed by atoms with Crippen LogP contribution in [0.15, 0.2) is 272 Å². The molecule has 0 saturated heterocycles. The normalized spacial score (nSPS) is 12.6. The summed E-state index contributed by atoms with van der Waals surface area (Å²) in [5.41, 5.74) is 7.47. The van der Waals surface area contributed by atoms with Crippen LogP contribution in [-0.2, 0) is 12.4 Å². The maximum absolute atomic E-state index is 15.0. The van der Waals surface area contributed by atoms with Crippen molar-refractivity contribution >= 4 is 154 Å². The van der Waals surface area contributed by atoms with Gasteiger partial charge in [0.2, 0.25) is 0 Å². The van der Waals surface area contributed by atoms with E-state index in [0.29, 0.717) is 78.0 Å². The number of nitrogens with zero attached hydrogens (tertiary/aromatic N) is 2.